The zero-order valence-corrected chi connectivity index (χ0v) is 15.5. The molecule has 23 heavy (non-hydrogen) atoms. The minimum atomic E-state index is -1.09. The van der Waals surface area contributed by atoms with E-state index in [4.69, 9.17) is 16.3 Å². The fraction of sp³-hybridized carbons (Fsp3) is 0.278. The first kappa shape index (κ1) is 17.8. The molecule has 1 atom stereocenters. The molecule has 2 aromatic rings. The van der Waals surface area contributed by atoms with Crippen LogP contribution in [0.2, 0.25) is 5.02 Å². The zero-order valence-electron chi connectivity index (χ0n) is 13.1. The lowest BCUT2D eigenvalue weighted by atomic mass is 9.87. The van der Waals surface area contributed by atoms with Crippen molar-refractivity contribution in [1.29, 1.82) is 0 Å². The molecule has 122 valence electrons. The largest absolute Gasteiger partial charge is 0.478 e. The molecule has 0 aliphatic carbocycles. The Bertz CT molecular complexity index is 705. The molecule has 1 N–H and O–H groups in total. The van der Waals surface area contributed by atoms with Gasteiger partial charge in [0, 0.05) is 10.6 Å². The van der Waals surface area contributed by atoms with E-state index in [1.165, 1.54) is 0 Å². The number of aliphatic carboxylic acids is 1. The van der Waals surface area contributed by atoms with Crippen molar-refractivity contribution in [3.05, 3.63) is 63.1 Å². The van der Waals surface area contributed by atoms with E-state index in [0.29, 0.717) is 16.3 Å². The van der Waals surface area contributed by atoms with Crippen LogP contribution in [0.25, 0.3) is 0 Å². The van der Waals surface area contributed by atoms with Crippen LogP contribution in [0.1, 0.15) is 38.0 Å². The number of halogens is 2. The van der Waals surface area contributed by atoms with E-state index >= 15 is 0 Å². The summed E-state index contributed by atoms with van der Waals surface area (Å²) in [5, 5.41) is 10.0. The molecule has 1 unspecified atom stereocenters. The average molecular weight is 398 g/mol. The van der Waals surface area contributed by atoms with E-state index in [-0.39, 0.29) is 5.41 Å². The fourth-order valence-electron chi connectivity index (χ4n) is 2.09. The smallest absolute Gasteiger partial charge is 0.349 e. The molecular formula is C18H18BrClO3. The van der Waals surface area contributed by atoms with Crippen LogP contribution in [0.3, 0.4) is 0 Å². The summed E-state index contributed by atoms with van der Waals surface area (Å²) < 4.78 is 6.44. The predicted molar refractivity (Wildman–Crippen MR) is 95.3 cm³/mol. The van der Waals surface area contributed by atoms with Gasteiger partial charge in [0.15, 0.2) is 0 Å². The highest BCUT2D eigenvalue weighted by Gasteiger charge is 2.23. The summed E-state index contributed by atoms with van der Waals surface area (Å²) in [4.78, 5) is 11.6. The molecule has 5 heteroatoms. The Hall–Kier alpha value is -1.52. The third-order valence-electron chi connectivity index (χ3n) is 3.44. The van der Waals surface area contributed by atoms with Gasteiger partial charge in [0.05, 0.1) is 4.47 Å². The Morgan fingerprint density at radius 2 is 1.78 bits per heavy atom. The number of carboxylic acid groups (broad SMARTS) is 1. The maximum absolute atomic E-state index is 11.6. The Morgan fingerprint density at radius 1 is 1.17 bits per heavy atom. The van der Waals surface area contributed by atoms with Gasteiger partial charge < -0.3 is 9.84 Å². The van der Waals surface area contributed by atoms with Gasteiger partial charge >= 0.3 is 5.97 Å². The van der Waals surface area contributed by atoms with Crippen molar-refractivity contribution in [2.45, 2.75) is 32.3 Å². The second kappa shape index (κ2) is 6.93. The lowest BCUT2D eigenvalue weighted by molar-refractivity contribution is -0.145. The van der Waals surface area contributed by atoms with Crippen LogP contribution in [0.15, 0.2) is 46.9 Å². The first-order chi connectivity index (χ1) is 10.7. The van der Waals surface area contributed by atoms with E-state index in [1.807, 2.05) is 12.1 Å². The Balaban J connectivity index is 2.31. The van der Waals surface area contributed by atoms with Crippen molar-refractivity contribution in [3.8, 4) is 5.75 Å². The molecule has 0 saturated carbocycles. The Morgan fingerprint density at radius 3 is 2.26 bits per heavy atom. The van der Waals surface area contributed by atoms with Gasteiger partial charge in [0.1, 0.15) is 5.75 Å². The maximum atomic E-state index is 11.6. The van der Waals surface area contributed by atoms with Gasteiger partial charge in [-0.25, -0.2) is 4.79 Å². The molecule has 0 radical (unpaired) electrons. The van der Waals surface area contributed by atoms with E-state index in [2.05, 4.69) is 36.7 Å². The monoisotopic (exact) mass is 396 g/mol. The van der Waals surface area contributed by atoms with Gasteiger partial charge in [-0.15, -0.1) is 0 Å². The third kappa shape index (κ3) is 4.49. The molecule has 0 amide bonds. The predicted octanol–water partition coefficient (Wildman–Crippen LogP) is 5.60. The Kier molecular flexibility index (Phi) is 5.37. The molecule has 2 rings (SSSR count). The van der Waals surface area contributed by atoms with Gasteiger partial charge in [-0.1, -0.05) is 50.6 Å². The van der Waals surface area contributed by atoms with Crippen molar-refractivity contribution >= 4 is 33.5 Å². The van der Waals surface area contributed by atoms with Crippen molar-refractivity contribution in [3.63, 3.8) is 0 Å². The summed E-state index contributed by atoms with van der Waals surface area (Å²) in [6.07, 6.45) is -1.09. The SMILES string of the molecule is CC(C)(C)c1ccc(OC(C(=O)O)c2ccc(Cl)cc2)c(Br)c1. The number of hydrogen-bond donors (Lipinski definition) is 1. The highest BCUT2D eigenvalue weighted by atomic mass is 79.9. The zero-order chi connectivity index (χ0) is 17.2. The lowest BCUT2D eigenvalue weighted by Gasteiger charge is -2.21. The van der Waals surface area contributed by atoms with E-state index in [1.54, 1.807) is 30.3 Å². The van der Waals surface area contributed by atoms with Crippen LogP contribution in [0.5, 0.6) is 5.75 Å². The van der Waals surface area contributed by atoms with Crippen molar-refractivity contribution in [1.82, 2.24) is 0 Å². The fourth-order valence-corrected chi connectivity index (χ4v) is 2.69. The summed E-state index contributed by atoms with van der Waals surface area (Å²) in [6, 6.07) is 12.3. The summed E-state index contributed by atoms with van der Waals surface area (Å²) in [5.41, 5.74) is 1.67. The van der Waals surface area contributed by atoms with E-state index < -0.39 is 12.1 Å². The maximum Gasteiger partial charge on any atom is 0.349 e. The molecule has 3 nitrogen and oxygen atoms in total. The first-order valence-corrected chi connectivity index (χ1v) is 8.30. The van der Waals surface area contributed by atoms with Gasteiger partial charge in [-0.3, -0.25) is 0 Å². The summed E-state index contributed by atoms with van der Waals surface area (Å²) in [6.45, 7) is 6.34. The summed E-state index contributed by atoms with van der Waals surface area (Å²) in [5.74, 6) is -0.570. The molecule has 0 saturated heterocycles. The number of ether oxygens (including phenoxy) is 1. The van der Waals surface area contributed by atoms with Crippen molar-refractivity contribution < 1.29 is 14.6 Å². The van der Waals surface area contributed by atoms with Crippen molar-refractivity contribution in [2.75, 3.05) is 0 Å². The number of carboxylic acids is 1. The first-order valence-electron chi connectivity index (χ1n) is 7.13. The van der Waals surface area contributed by atoms with Crippen LogP contribution >= 0.6 is 27.5 Å². The number of carbonyl (C=O) groups is 1. The molecule has 0 bridgehead atoms. The molecule has 0 aliphatic rings. The molecular weight excluding hydrogens is 380 g/mol. The second-order valence-corrected chi connectivity index (χ2v) is 7.57. The van der Waals surface area contributed by atoms with Crippen LogP contribution < -0.4 is 4.74 Å². The third-order valence-corrected chi connectivity index (χ3v) is 4.31. The molecule has 0 heterocycles. The molecule has 0 aliphatic heterocycles. The van der Waals surface area contributed by atoms with Gasteiger partial charge in [0.25, 0.3) is 0 Å². The molecule has 0 fully saturated rings. The lowest BCUT2D eigenvalue weighted by Crippen LogP contribution is -2.18. The van der Waals surface area contributed by atoms with Crippen molar-refractivity contribution in [2.24, 2.45) is 0 Å². The van der Waals surface area contributed by atoms with E-state index in [0.717, 1.165) is 10.0 Å². The topological polar surface area (TPSA) is 46.5 Å². The standard InChI is InChI=1S/C18H18BrClO3/c1-18(2,3)12-6-9-15(14(19)10-12)23-16(17(21)22)11-4-7-13(20)8-5-11/h4-10,16H,1-3H3,(H,21,22). The number of benzene rings is 2. The Labute approximate surface area is 149 Å². The number of rotatable bonds is 4. The highest BCUT2D eigenvalue weighted by Crippen LogP contribution is 2.34. The summed E-state index contributed by atoms with van der Waals surface area (Å²) in [7, 11) is 0. The molecule has 0 aromatic heterocycles. The average Bonchev–Trinajstić information content (AvgIpc) is 2.46. The summed E-state index contributed by atoms with van der Waals surface area (Å²) >= 11 is 9.31. The van der Waals surface area contributed by atoms with Gasteiger partial charge in [-0.2, -0.15) is 0 Å². The molecule has 2 aromatic carbocycles. The molecule has 0 spiro atoms. The number of hydrogen-bond acceptors (Lipinski definition) is 2. The van der Waals surface area contributed by atoms with Crippen LogP contribution in [0, 0.1) is 0 Å². The van der Waals surface area contributed by atoms with Crippen LogP contribution in [-0.2, 0) is 10.2 Å². The van der Waals surface area contributed by atoms with Gasteiger partial charge in [0.2, 0.25) is 6.10 Å². The highest BCUT2D eigenvalue weighted by molar-refractivity contribution is 9.10. The van der Waals surface area contributed by atoms with E-state index in [9.17, 15) is 9.90 Å². The quantitative estimate of drug-likeness (QED) is 0.730. The van der Waals surface area contributed by atoms with Crippen LogP contribution in [-0.4, -0.2) is 11.1 Å². The minimum absolute atomic E-state index is 0.00340. The van der Waals surface area contributed by atoms with Crippen LogP contribution in [0.4, 0.5) is 0 Å². The van der Waals surface area contributed by atoms with Gasteiger partial charge in [-0.05, 0) is 51.2 Å². The second-order valence-electron chi connectivity index (χ2n) is 6.28. The minimum Gasteiger partial charge on any atom is -0.478 e. The normalized spacial score (nSPS) is 12.7.